The molecule has 5 rings (SSSR count). The average Bonchev–Trinajstić information content (AvgIpc) is 3.40. The summed E-state index contributed by atoms with van der Waals surface area (Å²) in [7, 11) is 0. The van der Waals surface area contributed by atoms with Crippen LogP contribution in [0.15, 0.2) is 66.7 Å². The van der Waals surface area contributed by atoms with E-state index in [0.717, 1.165) is 20.8 Å². The highest BCUT2D eigenvalue weighted by Gasteiger charge is 2.16. The number of carbonyl (C=O) groups excluding carboxylic acids is 1. The molecule has 3 aromatic carbocycles. The largest absolute Gasteiger partial charge is 0.454 e. The minimum Gasteiger partial charge on any atom is -0.454 e. The summed E-state index contributed by atoms with van der Waals surface area (Å²) >= 11 is 1.52. The Bertz CT molecular complexity index is 1250. The summed E-state index contributed by atoms with van der Waals surface area (Å²) in [5.41, 5.74) is 9.22. The van der Waals surface area contributed by atoms with E-state index >= 15 is 0 Å². The van der Waals surface area contributed by atoms with Gasteiger partial charge in [0.15, 0.2) is 11.5 Å². The summed E-state index contributed by atoms with van der Waals surface area (Å²) in [6.07, 6.45) is 1.88. The molecule has 0 aliphatic carbocycles. The number of rotatable bonds is 4. The van der Waals surface area contributed by atoms with Crippen molar-refractivity contribution in [2.45, 2.75) is 0 Å². The topological polar surface area (TPSA) is 86.5 Å². The summed E-state index contributed by atoms with van der Waals surface area (Å²) < 4.78 is 11.9. The molecule has 0 atom stereocenters. The highest BCUT2D eigenvalue weighted by molar-refractivity contribution is 7.19. The van der Waals surface area contributed by atoms with Crippen LogP contribution in [0, 0.1) is 0 Å². The monoisotopic (exact) mass is 415 g/mol. The van der Waals surface area contributed by atoms with Crippen LogP contribution >= 0.6 is 11.3 Å². The van der Waals surface area contributed by atoms with Crippen LogP contribution in [0.5, 0.6) is 11.5 Å². The van der Waals surface area contributed by atoms with Gasteiger partial charge in [0.2, 0.25) is 6.79 Å². The minimum atomic E-state index is -0.235. The van der Waals surface area contributed by atoms with Gasteiger partial charge in [-0.2, -0.15) is 0 Å². The number of aromatic nitrogens is 1. The number of nitrogens with one attached hydrogen (secondary N) is 1. The maximum Gasteiger partial charge on any atom is 0.255 e. The molecule has 6 nitrogen and oxygen atoms in total. The normalized spacial score (nSPS) is 12.9. The van der Waals surface area contributed by atoms with Gasteiger partial charge in [-0.3, -0.25) is 4.79 Å². The minimum absolute atomic E-state index is 0.209. The number of nitrogens with two attached hydrogens (primary N) is 1. The third-order valence-corrected chi connectivity index (χ3v) is 5.72. The van der Waals surface area contributed by atoms with Crippen LogP contribution in [0.1, 0.15) is 20.9 Å². The zero-order valence-electron chi connectivity index (χ0n) is 15.8. The molecule has 30 heavy (non-hydrogen) atoms. The van der Waals surface area contributed by atoms with Gasteiger partial charge in [-0.15, -0.1) is 11.3 Å². The van der Waals surface area contributed by atoms with Crippen LogP contribution < -0.4 is 20.5 Å². The Labute approximate surface area is 176 Å². The quantitative estimate of drug-likeness (QED) is 0.478. The molecule has 1 aliphatic rings. The van der Waals surface area contributed by atoms with Crippen molar-refractivity contribution < 1.29 is 14.3 Å². The predicted octanol–water partition coefficient (Wildman–Crippen LogP) is 4.54. The standard InChI is InChI=1S/C23H17N3O3S/c24-16-8-6-15(7-9-16)22(27)25-18(23-26-17-3-1-2-4-21(17)30-23)11-14-5-10-19-20(12-14)29-13-28-19/h1-12H,13,24H2,(H,25,27)/b18-11+. The lowest BCUT2D eigenvalue weighted by molar-refractivity contribution is 0.0974. The van der Waals surface area contributed by atoms with E-state index in [2.05, 4.69) is 5.32 Å². The first kappa shape index (κ1) is 18.2. The average molecular weight is 415 g/mol. The number of amides is 1. The van der Waals surface area contributed by atoms with Crippen molar-refractivity contribution >= 4 is 44.9 Å². The number of thiazole rings is 1. The van der Waals surface area contributed by atoms with Gasteiger partial charge in [0.05, 0.1) is 15.9 Å². The second kappa shape index (κ2) is 7.53. The van der Waals surface area contributed by atoms with E-state index < -0.39 is 0 Å². The maximum absolute atomic E-state index is 12.9. The van der Waals surface area contributed by atoms with Crippen molar-refractivity contribution in [1.82, 2.24) is 10.3 Å². The number of fused-ring (bicyclic) bond motifs is 2. The van der Waals surface area contributed by atoms with Crippen molar-refractivity contribution in [2.24, 2.45) is 0 Å². The highest BCUT2D eigenvalue weighted by atomic mass is 32.1. The van der Waals surface area contributed by atoms with Crippen LogP contribution in [0.4, 0.5) is 5.69 Å². The van der Waals surface area contributed by atoms with Crippen molar-refractivity contribution in [3.63, 3.8) is 0 Å². The van der Waals surface area contributed by atoms with Gasteiger partial charge in [0.1, 0.15) is 5.01 Å². The van der Waals surface area contributed by atoms with Gasteiger partial charge in [-0.1, -0.05) is 18.2 Å². The second-order valence-electron chi connectivity index (χ2n) is 6.73. The molecule has 7 heteroatoms. The van der Waals surface area contributed by atoms with Crippen LogP contribution in [0.2, 0.25) is 0 Å². The molecular formula is C23H17N3O3S. The number of hydrogen-bond donors (Lipinski definition) is 2. The van der Waals surface area contributed by atoms with E-state index in [1.165, 1.54) is 11.3 Å². The Morgan fingerprint density at radius 2 is 1.83 bits per heavy atom. The molecule has 0 unspecified atom stereocenters. The van der Waals surface area contributed by atoms with Crippen LogP contribution in [0.25, 0.3) is 22.0 Å². The Balaban J connectivity index is 1.54. The van der Waals surface area contributed by atoms with Crippen LogP contribution in [0.3, 0.4) is 0 Å². The summed E-state index contributed by atoms with van der Waals surface area (Å²) in [6, 6.07) is 20.3. The third-order valence-electron chi connectivity index (χ3n) is 4.65. The van der Waals surface area contributed by atoms with Crippen molar-refractivity contribution in [2.75, 3.05) is 12.5 Å². The first-order valence-corrected chi connectivity index (χ1v) is 10.1. The molecule has 0 saturated carbocycles. The van der Waals surface area contributed by atoms with E-state index in [-0.39, 0.29) is 12.7 Å². The first-order valence-electron chi connectivity index (χ1n) is 9.30. The Morgan fingerprint density at radius 1 is 1.03 bits per heavy atom. The third kappa shape index (κ3) is 3.58. The van der Waals surface area contributed by atoms with Crippen molar-refractivity contribution in [3.8, 4) is 11.5 Å². The number of carbonyl (C=O) groups is 1. The Kier molecular flexibility index (Phi) is 4.57. The molecule has 1 aliphatic heterocycles. The van der Waals surface area contributed by atoms with E-state index in [1.807, 2.05) is 48.5 Å². The van der Waals surface area contributed by atoms with Gasteiger partial charge < -0.3 is 20.5 Å². The number of hydrogen-bond acceptors (Lipinski definition) is 6. The molecule has 3 N–H and O–H groups in total. The highest BCUT2D eigenvalue weighted by Crippen LogP contribution is 2.34. The van der Waals surface area contributed by atoms with Gasteiger partial charge in [-0.05, 0) is 60.2 Å². The SMILES string of the molecule is Nc1ccc(C(=O)N/C(=C/c2ccc3c(c2)OCO3)c2nc3ccccc3s2)cc1. The predicted molar refractivity (Wildman–Crippen MR) is 118 cm³/mol. The molecule has 0 saturated heterocycles. The van der Waals surface area contributed by atoms with Gasteiger partial charge in [0, 0.05) is 11.3 Å². The molecule has 1 aromatic heterocycles. The van der Waals surface area contributed by atoms with E-state index in [0.29, 0.717) is 28.4 Å². The number of nitrogens with zero attached hydrogens (tertiary/aromatic N) is 1. The summed E-state index contributed by atoms with van der Waals surface area (Å²) in [6.45, 7) is 0.209. The van der Waals surface area contributed by atoms with E-state index in [4.69, 9.17) is 20.2 Å². The molecule has 4 aromatic rings. The van der Waals surface area contributed by atoms with Crippen molar-refractivity contribution in [1.29, 1.82) is 0 Å². The first-order chi connectivity index (χ1) is 14.7. The molecule has 0 spiro atoms. The van der Waals surface area contributed by atoms with Crippen LogP contribution in [-0.2, 0) is 0 Å². The van der Waals surface area contributed by atoms with Gasteiger partial charge in [0.25, 0.3) is 5.91 Å². The Morgan fingerprint density at radius 3 is 2.67 bits per heavy atom. The van der Waals surface area contributed by atoms with Crippen molar-refractivity contribution in [3.05, 3.63) is 82.9 Å². The molecule has 2 heterocycles. The second-order valence-corrected chi connectivity index (χ2v) is 7.76. The lowest BCUT2D eigenvalue weighted by Gasteiger charge is -2.09. The van der Waals surface area contributed by atoms with Gasteiger partial charge in [-0.25, -0.2) is 4.98 Å². The summed E-state index contributed by atoms with van der Waals surface area (Å²) in [5, 5.41) is 3.72. The van der Waals surface area contributed by atoms with E-state index in [9.17, 15) is 4.79 Å². The van der Waals surface area contributed by atoms with E-state index in [1.54, 1.807) is 24.3 Å². The molecule has 0 radical (unpaired) electrons. The number of anilines is 1. The smallest absolute Gasteiger partial charge is 0.255 e. The Hall–Kier alpha value is -3.84. The lowest BCUT2D eigenvalue weighted by atomic mass is 10.1. The maximum atomic E-state index is 12.9. The molecule has 148 valence electrons. The number of ether oxygens (including phenoxy) is 2. The lowest BCUT2D eigenvalue weighted by Crippen LogP contribution is -2.21. The number of para-hydroxylation sites is 1. The molecular weight excluding hydrogens is 398 g/mol. The number of benzene rings is 3. The molecule has 0 bridgehead atoms. The molecule has 0 fully saturated rings. The zero-order chi connectivity index (χ0) is 20.5. The fourth-order valence-corrected chi connectivity index (χ4v) is 4.07. The summed E-state index contributed by atoms with van der Waals surface area (Å²) in [4.78, 5) is 17.6. The summed E-state index contributed by atoms with van der Waals surface area (Å²) in [5.74, 6) is 1.15. The fourth-order valence-electron chi connectivity index (χ4n) is 3.14. The number of nitrogen functional groups attached to an aromatic ring is 1. The van der Waals surface area contributed by atoms with Gasteiger partial charge >= 0.3 is 0 Å². The van der Waals surface area contributed by atoms with Crippen LogP contribution in [-0.4, -0.2) is 17.7 Å². The zero-order valence-corrected chi connectivity index (χ0v) is 16.6. The fraction of sp³-hybridized carbons (Fsp3) is 0.0435. The molecule has 1 amide bonds.